The minimum Gasteiger partial charge on any atom is -0.438 e. The Morgan fingerprint density at radius 1 is 1.02 bits per heavy atom. The average Bonchev–Trinajstić information content (AvgIpc) is 3.43. The fraction of sp³-hybridized carbons (Fsp3) is 0.250. The summed E-state index contributed by atoms with van der Waals surface area (Å²) in [7, 11) is 0. The van der Waals surface area contributed by atoms with Crippen LogP contribution < -0.4 is 4.74 Å². The molecule has 0 amide bonds. The fourth-order valence-corrected chi connectivity index (χ4v) is 4.01. The number of ether oxygens (including phenoxy) is 2. The van der Waals surface area contributed by atoms with Gasteiger partial charge in [-0.05, 0) is 43.0 Å². The van der Waals surface area contributed by atoms with Gasteiger partial charge in [0.1, 0.15) is 11.3 Å². The Hall–Kier alpha value is -4.79. The minimum atomic E-state index is -5.16. The van der Waals surface area contributed by atoms with Crippen LogP contribution in [0.25, 0.3) is 11.6 Å². The molecule has 0 fully saturated rings. The number of rotatable bonds is 11. The molecule has 0 saturated heterocycles. The van der Waals surface area contributed by atoms with Crippen LogP contribution in [0.3, 0.4) is 0 Å². The fourth-order valence-electron chi connectivity index (χ4n) is 4.01. The number of nitrogens with zero attached hydrogens (tertiary/aromatic N) is 4. The van der Waals surface area contributed by atoms with Crippen LogP contribution in [0.5, 0.6) is 11.6 Å². The molecule has 0 radical (unpaired) electrons. The van der Waals surface area contributed by atoms with Gasteiger partial charge in [-0.3, -0.25) is 10.1 Å². The molecule has 0 aliphatic rings. The number of nitro groups is 1. The van der Waals surface area contributed by atoms with Crippen molar-refractivity contribution in [1.82, 2.24) is 15.2 Å². The van der Waals surface area contributed by atoms with Gasteiger partial charge in [0.25, 0.3) is 11.8 Å². The lowest BCUT2D eigenvalue weighted by Crippen LogP contribution is -2.45. The summed E-state index contributed by atoms with van der Waals surface area (Å²) >= 11 is 0. The highest BCUT2D eigenvalue weighted by Gasteiger charge is 2.61. The Morgan fingerprint density at radius 3 is 2.35 bits per heavy atom. The summed E-state index contributed by atoms with van der Waals surface area (Å²) in [5.41, 5.74) is -6.01. The largest absolute Gasteiger partial charge is 0.438 e. The Morgan fingerprint density at radius 2 is 1.74 bits per heavy atom. The molecule has 1 atom stereocenters. The van der Waals surface area contributed by atoms with E-state index in [1.54, 1.807) is 31.2 Å². The number of benzene rings is 2. The summed E-state index contributed by atoms with van der Waals surface area (Å²) in [6.45, 7) is 4.54. The van der Waals surface area contributed by atoms with Gasteiger partial charge in [0.05, 0.1) is 11.5 Å². The van der Waals surface area contributed by atoms with Gasteiger partial charge >= 0.3 is 18.0 Å². The first-order chi connectivity index (χ1) is 20.2. The minimum absolute atomic E-state index is 0.0844. The van der Waals surface area contributed by atoms with E-state index in [-0.39, 0.29) is 18.2 Å². The van der Waals surface area contributed by atoms with E-state index in [4.69, 9.17) is 13.9 Å². The van der Waals surface area contributed by atoms with Crippen LogP contribution in [0.1, 0.15) is 35.4 Å². The first kappa shape index (κ1) is 31.2. The summed E-state index contributed by atoms with van der Waals surface area (Å²) in [5, 5.41) is 18.8. The first-order valence-electron chi connectivity index (χ1n) is 12.5. The SMILES string of the molecule is C=CCCC(OCc1ccccc1)(c1nnc(-c2nc(Oc3cccc(C)c3)c(C(F)(F)F)cc2[N+](=O)[O-])o1)C(F)(F)F. The molecule has 0 N–H and O–H groups in total. The number of halogens is 6. The zero-order valence-electron chi connectivity index (χ0n) is 22.3. The second-order valence-electron chi connectivity index (χ2n) is 9.22. The van der Waals surface area contributed by atoms with Crippen LogP contribution in [-0.2, 0) is 23.1 Å². The zero-order chi connectivity index (χ0) is 31.4. The predicted molar refractivity (Wildman–Crippen MR) is 139 cm³/mol. The molecule has 0 aliphatic heterocycles. The van der Waals surface area contributed by atoms with E-state index in [0.29, 0.717) is 11.1 Å². The van der Waals surface area contributed by atoms with Crippen molar-refractivity contribution in [3.63, 3.8) is 0 Å². The summed E-state index contributed by atoms with van der Waals surface area (Å²) in [5.74, 6) is -3.30. The maximum Gasteiger partial charge on any atom is 0.426 e. The standard InChI is InChI=1S/C28H22F6N4O5/c1-3-4-13-26(28(32,33)34,41-16-18-10-6-5-7-11-18)25-37-36-24(43-25)22-21(38(39)40)15-20(27(29,30)31)23(35-22)42-19-12-8-9-17(2)14-19/h3,5-12,14-15H,1,4,13,16H2,2H3. The summed E-state index contributed by atoms with van der Waals surface area (Å²) in [6, 6.07) is 13.9. The van der Waals surface area contributed by atoms with Crippen LogP contribution in [0, 0.1) is 17.0 Å². The molecule has 4 rings (SSSR count). The Bertz CT molecular complexity index is 1610. The van der Waals surface area contributed by atoms with E-state index < -0.39 is 70.5 Å². The molecule has 9 nitrogen and oxygen atoms in total. The number of alkyl halides is 6. The Balaban J connectivity index is 1.86. The molecule has 4 aromatic rings. The van der Waals surface area contributed by atoms with Gasteiger partial charge in [-0.25, -0.2) is 4.98 Å². The molecule has 0 aliphatic carbocycles. The van der Waals surface area contributed by atoms with Crippen LogP contribution in [0.4, 0.5) is 32.0 Å². The van der Waals surface area contributed by atoms with E-state index in [2.05, 4.69) is 21.8 Å². The van der Waals surface area contributed by atoms with Crippen LogP contribution in [-0.4, -0.2) is 26.3 Å². The second kappa shape index (κ2) is 12.2. The van der Waals surface area contributed by atoms with Crippen LogP contribution in [0.2, 0.25) is 0 Å². The molecule has 226 valence electrons. The van der Waals surface area contributed by atoms with E-state index in [9.17, 15) is 36.5 Å². The van der Waals surface area contributed by atoms with Crippen molar-refractivity contribution in [2.45, 2.75) is 44.3 Å². The number of allylic oxidation sites excluding steroid dienone is 1. The number of hydrogen-bond donors (Lipinski definition) is 0. The molecule has 2 aromatic heterocycles. The lowest BCUT2D eigenvalue weighted by atomic mass is 9.96. The third-order valence-corrected chi connectivity index (χ3v) is 6.13. The molecule has 2 heterocycles. The van der Waals surface area contributed by atoms with Gasteiger partial charge in [-0.2, -0.15) is 26.3 Å². The summed E-state index contributed by atoms with van der Waals surface area (Å²) in [4.78, 5) is 14.2. The van der Waals surface area contributed by atoms with Crippen molar-refractivity contribution < 1.29 is 45.2 Å². The quantitative estimate of drug-likeness (QED) is 0.0727. The Labute approximate surface area is 239 Å². The number of pyridine rings is 1. The molecular weight excluding hydrogens is 586 g/mol. The predicted octanol–water partition coefficient (Wildman–Crippen LogP) is 8.10. The molecule has 1 unspecified atom stereocenters. The lowest BCUT2D eigenvalue weighted by Gasteiger charge is -2.32. The van der Waals surface area contributed by atoms with Crippen molar-refractivity contribution in [3.8, 4) is 23.2 Å². The summed E-state index contributed by atoms with van der Waals surface area (Å²) in [6.07, 6.45) is -10.1. The normalized spacial score (nSPS) is 13.4. The molecule has 0 spiro atoms. The van der Waals surface area contributed by atoms with E-state index in [1.165, 1.54) is 36.4 Å². The van der Waals surface area contributed by atoms with E-state index in [0.717, 1.165) is 0 Å². The third kappa shape index (κ3) is 6.83. The molecule has 15 heteroatoms. The van der Waals surface area contributed by atoms with Crippen LogP contribution in [0.15, 0.2) is 77.7 Å². The second-order valence-corrected chi connectivity index (χ2v) is 9.22. The van der Waals surface area contributed by atoms with Crippen molar-refractivity contribution in [2.24, 2.45) is 0 Å². The van der Waals surface area contributed by atoms with Gasteiger partial charge in [0.15, 0.2) is 0 Å². The van der Waals surface area contributed by atoms with Crippen molar-refractivity contribution in [2.75, 3.05) is 0 Å². The highest BCUT2D eigenvalue weighted by atomic mass is 19.4. The maximum absolute atomic E-state index is 14.7. The average molecular weight is 608 g/mol. The molecule has 0 bridgehead atoms. The van der Waals surface area contributed by atoms with E-state index in [1.807, 2.05) is 0 Å². The van der Waals surface area contributed by atoms with Crippen LogP contribution >= 0.6 is 0 Å². The molecular formula is C28H22F6N4O5. The van der Waals surface area contributed by atoms with Gasteiger partial charge < -0.3 is 13.9 Å². The smallest absolute Gasteiger partial charge is 0.426 e. The monoisotopic (exact) mass is 608 g/mol. The molecule has 43 heavy (non-hydrogen) atoms. The summed E-state index contributed by atoms with van der Waals surface area (Å²) < 4.78 is 102. The topological polar surface area (TPSA) is 113 Å². The maximum atomic E-state index is 14.7. The lowest BCUT2D eigenvalue weighted by molar-refractivity contribution is -0.384. The van der Waals surface area contributed by atoms with Crippen molar-refractivity contribution in [1.29, 1.82) is 0 Å². The Kier molecular flexibility index (Phi) is 8.85. The highest BCUT2D eigenvalue weighted by Crippen LogP contribution is 2.47. The zero-order valence-corrected chi connectivity index (χ0v) is 22.3. The van der Waals surface area contributed by atoms with Crippen molar-refractivity contribution in [3.05, 3.63) is 106 Å². The van der Waals surface area contributed by atoms with Crippen molar-refractivity contribution >= 4 is 5.69 Å². The number of aryl methyl sites for hydroxylation is 1. The van der Waals surface area contributed by atoms with Gasteiger partial charge in [0.2, 0.25) is 17.2 Å². The third-order valence-electron chi connectivity index (χ3n) is 6.13. The van der Waals surface area contributed by atoms with Gasteiger partial charge in [-0.15, -0.1) is 16.8 Å². The van der Waals surface area contributed by atoms with Gasteiger partial charge in [0, 0.05) is 6.07 Å². The number of hydrogen-bond acceptors (Lipinski definition) is 8. The van der Waals surface area contributed by atoms with E-state index >= 15 is 0 Å². The first-order valence-corrected chi connectivity index (χ1v) is 12.5. The highest BCUT2D eigenvalue weighted by molar-refractivity contribution is 5.65. The molecule has 0 saturated carbocycles. The molecule has 2 aromatic carbocycles. The van der Waals surface area contributed by atoms with Gasteiger partial charge in [-0.1, -0.05) is 48.5 Å². The number of aromatic nitrogens is 3.